The van der Waals surface area contributed by atoms with Crippen molar-refractivity contribution in [1.29, 1.82) is 0 Å². The van der Waals surface area contributed by atoms with Crippen LogP contribution in [0, 0.1) is 0 Å². The van der Waals surface area contributed by atoms with Crippen molar-refractivity contribution in [2.45, 2.75) is 24.9 Å². The third-order valence-electron chi connectivity index (χ3n) is 3.49. The van der Waals surface area contributed by atoms with Crippen LogP contribution in [0.5, 0.6) is 0 Å². The van der Waals surface area contributed by atoms with E-state index in [4.69, 9.17) is 9.15 Å². The van der Waals surface area contributed by atoms with Gasteiger partial charge in [0.1, 0.15) is 11.8 Å². The molecule has 0 saturated carbocycles. The van der Waals surface area contributed by atoms with Crippen LogP contribution < -0.4 is 5.32 Å². The lowest BCUT2D eigenvalue weighted by atomic mass is 9.95. The Balaban J connectivity index is 2.18. The minimum Gasteiger partial charge on any atom is -0.451 e. The fraction of sp³-hybridized carbons (Fsp3) is 0.667. The van der Waals surface area contributed by atoms with Gasteiger partial charge in [0, 0.05) is 20.7 Å². The summed E-state index contributed by atoms with van der Waals surface area (Å²) >= 11 is 0. The van der Waals surface area contributed by atoms with Crippen molar-refractivity contribution in [2.75, 3.05) is 27.3 Å². The van der Waals surface area contributed by atoms with Crippen LogP contribution in [-0.4, -0.2) is 48.6 Å². The molecule has 0 aromatic carbocycles. The first-order valence-electron chi connectivity index (χ1n) is 6.06. The summed E-state index contributed by atoms with van der Waals surface area (Å²) in [6.45, 7) is 1.86. The number of ether oxygens (including phenoxy) is 1. The summed E-state index contributed by atoms with van der Waals surface area (Å²) in [6, 6.07) is 0. The van der Waals surface area contributed by atoms with Crippen LogP contribution >= 0.6 is 0 Å². The van der Waals surface area contributed by atoms with Crippen molar-refractivity contribution in [3.8, 4) is 0 Å². The van der Waals surface area contributed by atoms with Gasteiger partial charge in [-0.15, -0.1) is 0 Å². The maximum atomic E-state index is 12.2. The zero-order valence-electron chi connectivity index (χ0n) is 10.8. The minimum atomic E-state index is -0.581. The molecule has 1 aliphatic rings. The van der Waals surface area contributed by atoms with E-state index in [2.05, 4.69) is 15.2 Å². The van der Waals surface area contributed by atoms with E-state index in [1.165, 1.54) is 6.39 Å². The van der Waals surface area contributed by atoms with Crippen LogP contribution in [0.25, 0.3) is 0 Å². The molecular formula is C12H19N3O3. The van der Waals surface area contributed by atoms with Gasteiger partial charge in [-0.2, -0.15) is 0 Å². The van der Waals surface area contributed by atoms with Crippen LogP contribution in [0.3, 0.4) is 0 Å². The summed E-state index contributed by atoms with van der Waals surface area (Å²) in [5, 5.41) is 2.74. The summed E-state index contributed by atoms with van der Waals surface area (Å²) in [4.78, 5) is 18.4. The first-order valence-corrected chi connectivity index (χ1v) is 6.06. The Morgan fingerprint density at radius 3 is 3.17 bits per heavy atom. The van der Waals surface area contributed by atoms with Crippen molar-refractivity contribution in [3.05, 3.63) is 18.4 Å². The molecule has 1 unspecified atom stereocenters. The molecule has 2 rings (SSSR count). The number of aromatic nitrogens is 1. The number of nitrogens with one attached hydrogen (secondary N) is 1. The Morgan fingerprint density at radius 1 is 1.72 bits per heavy atom. The third kappa shape index (κ3) is 2.26. The Morgan fingerprint density at radius 2 is 2.56 bits per heavy atom. The van der Waals surface area contributed by atoms with Crippen molar-refractivity contribution >= 4 is 5.91 Å². The van der Waals surface area contributed by atoms with E-state index in [1.807, 2.05) is 0 Å². The van der Waals surface area contributed by atoms with E-state index in [1.54, 1.807) is 20.4 Å². The highest BCUT2D eigenvalue weighted by Crippen LogP contribution is 2.31. The van der Waals surface area contributed by atoms with Crippen molar-refractivity contribution in [1.82, 2.24) is 15.2 Å². The molecule has 0 spiro atoms. The molecule has 18 heavy (non-hydrogen) atoms. The minimum absolute atomic E-state index is 0.00495. The Bertz CT molecular complexity index is 393. The largest absolute Gasteiger partial charge is 0.451 e. The fourth-order valence-electron chi connectivity index (χ4n) is 2.63. The maximum absolute atomic E-state index is 12.2. The predicted octanol–water partition coefficient (Wildman–Crippen LogP) is 0.402. The average molecular weight is 253 g/mol. The highest BCUT2D eigenvalue weighted by Gasteiger charge is 2.47. The van der Waals surface area contributed by atoms with Crippen LogP contribution in [0.4, 0.5) is 0 Å². The van der Waals surface area contributed by atoms with Gasteiger partial charge >= 0.3 is 0 Å². The SMILES string of the molecule is CNC(=O)C1(COC)CCCN1Cc1cocn1. The number of hydrogen-bond donors (Lipinski definition) is 1. The van der Waals surface area contributed by atoms with E-state index >= 15 is 0 Å². The molecule has 2 heterocycles. The molecule has 0 bridgehead atoms. The van der Waals surface area contributed by atoms with Gasteiger partial charge in [-0.05, 0) is 19.4 Å². The molecule has 1 aliphatic heterocycles. The molecule has 1 saturated heterocycles. The molecule has 1 aromatic heterocycles. The monoisotopic (exact) mass is 253 g/mol. The summed E-state index contributed by atoms with van der Waals surface area (Å²) < 4.78 is 10.2. The number of amides is 1. The first-order chi connectivity index (χ1) is 8.73. The van der Waals surface area contributed by atoms with E-state index in [9.17, 15) is 4.79 Å². The lowest BCUT2D eigenvalue weighted by Gasteiger charge is -2.35. The van der Waals surface area contributed by atoms with E-state index < -0.39 is 5.54 Å². The number of methoxy groups -OCH3 is 1. The molecule has 1 aromatic rings. The van der Waals surface area contributed by atoms with Crippen molar-refractivity contribution in [2.24, 2.45) is 0 Å². The highest BCUT2D eigenvalue weighted by molar-refractivity contribution is 5.86. The van der Waals surface area contributed by atoms with Gasteiger partial charge in [-0.3, -0.25) is 9.69 Å². The standard InChI is InChI=1S/C12H19N3O3/c1-13-11(16)12(8-17-2)4-3-5-15(12)6-10-7-18-9-14-10/h7,9H,3-6,8H2,1-2H3,(H,13,16). The van der Waals surface area contributed by atoms with Gasteiger partial charge in [0.15, 0.2) is 6.39 Å². The number of likely N-dealkylation sites (N-methyl/N-ethyl adjacent to an activating group) is 1. The normalized spacial score (nSPS) is 24.3. The van der Waals surface area contributed by atoms with Crippen LogP contribution in [0.2, 0.25) is 0 Å². The Hall–Kier alpha value is -1.40. The average Bonchev–Trinajstić information content (AvgIpc) is 3.01. The summed E-state index contributed by atoms with van der Waals surface area (Å²) in [5.41, 5.74) is 0.254. The van der Waals surface area contributed by atoms with Crippen LogP contribution in [0.15, 0.2) is 17.1 Å². The lowest BCUT2D eigenvalue weighted by Crippen LogP contribution is -2.57. The first kappa shape index (κ1) is 13.0. The number of carbonyl (C=O) groups excluding carboxylic acids is 1. The lowest BCUT2D eigenvalue weighted by molar-refractivity contribution is -0.135. The second kappa shape index (κ2) is 5.49. The zero-order chi connectivity index (χ0) is 13.0. The van der Waals surface area contributed by atoms with Crippen LogP contribution in [0.1, 0.15) is 18.5 Å². The maximum Gasteiger partial charge on any atom is 0.242 e. The molecule has 6 nitrogen and oxygen atoms in total. The van der Waals surface area contributed by atoms with Gasteiger partial charge in [-0.1, -0.05) is 0 Å². The highest BCUT2D eigenvalue weighted by atomic mass is 16.5. The molecule has 100 valence electrons. The smallest absolute Gasteiger partial charge is 0.242 e. The van der Waals surface area contributed by atoms with Gasteiger partial charge in [0.2, 0.25) is 5.91 Å². The van der Waals surface area contributed by atoms with E-state index in [-0.39, 0.29) is 5.91 Å². The molecule has 0 aliphatic carbocycles. The molecule has 1 amide bonds. The second-order valence-corrected chi connectivity index (χ2v) is 4.55. The summed E-state index contributed by atoms with van der Waals surface area (Å²) in [5.74, 6) is 0.00495. The Kier molecular flexibility index (Phi) is 3.98. The third-order valence-corrected chi connectivity index (χ3v) is 3.49. The molecule has 1 N–H and O–H groups in total. The molecule has 0 radical (unpaired) electrons. The van der Waals surface area contributed by atoms with E-state index in [0.29, 0.717) is 13.2 Å². The second-order valence-electron chi connectivity index (χ2n) is 4.55. The van der Waals surface area contributed by atoms with Gasteiger partial charge in [0.25, 0.3) is 0 Å². The number of rotatable bonds is 5. The number of nitrogens with zero attached hydrogens (tertiary/aromatic N) is 2. The zero-order valence-corrected chi connectivity index (χ0v) is 10.8. The number of oxazole rings is 1. The fourth-order valence-corrected chi connectivity index (χ4v) is 2.63. The number of hydrogen-bond acceptors (Lipinski definition) is 5. The Labute approximate surface area is 106 Å². The summed E-state index contributed by atoms with van der Waals surface area (Å²) in [7, 11) is 3.28. The van der Waals surface area contributed by atoms with E-state index in [0.717, 1.165) is 25.1 Å². The quantitative estimate of drug-likeness (QED) is 0.822. The molecule has 1 atom stereocenters. The predicted molar refractivity (Wildman–Crippen MR) is 64.8 cm³/mol. The number of likely N-dealkylation sites (tertiary alicyclic amines) is 1. The van der Waals surface area contributed by atoms with Crippen molar-refractivity contribution < 1.29 is 13.9 Å². The summed E-state index contributed by atoms with van der Waals surface area (Å²) in [6.07, 6.45) is 4.80. The number of carbonyl (C=O) groups is 1. The molecule has 6 heteroatoms. The van der Waals surface area contributed by atoms with Gasteiger partial charge in [-0.25, -0.2) is 4.98 Å². The van der Waals surface area contributed by atoms with Crippen molar-refractivity contribution in [3.63, 3.8) is 0 Å². The topological polar surface area (TPSA) is 67.6 Å². The molecule has 1 fully saturated rings. The van der Waals surface area contributed by atoms with Gasteiger partial charge < -0.3 is 14.5 Å². The van der Waals surface area contributed by atoms with Crippen LogP contribution in [-0.2, 0) is 16.1 Å². The molecular weight excluding hydrogens is 234 g/mol. The van der Waals surface area contributed by atoms with Gasteiger partial charge in [0.05, 0.1) is 12.3 Å².